The molecule has 1 N–H and O–H groups in total. The third-order valence-electron chi connectivity index (χ3n) is 8.40. The predicted octanol–water partition coefficient (Wildman–Crippen LogP) is 3.87. The average molecular weight is 435 g/mol. The first-order valence-electron chi connectivity index (χ1n) is 12.5. The maximum absolute atomic E-state index is 5.78. The number of nitrogens with zero attached hydrogens (tertiary/aromatic N) is 2. The highest BCUT2D eigenvalue weighted by atomic mass is 16.6. The fourth-order valence-electron chi connectivity index (χ4n) is 6.70. The molecule has 3 atom stereocenters. The second-order valence-corrected chi connectivity index (χ2v) is 10.2. The van der Waals surface area contributed by atoms with Crippen molar-refractivity contribution in [2.24, 2.45) is 0 Å². The Morgan fingerprint density at radius 3 is 2.75 bits per heavy atom. The largest absolute Gasteiger partial charge is 0.486 e. The van der Waals surface area contributed by atoms with E-state index in [0.29, 0.717) is 13.2 Å². The molecule has 5 heteroatoms. The summed E-state index contributed by atoms with van der Waals surface area (Å²) < 4.78 is 12.7. The van der Waals surface area contributed by atoms with Gasteiger partial charge in [0, 0.05) is 58.1 Å². The zero-order chi connectivity index (χ0) is 21.5. The van der Waals surface area contributed by atoms with Crippen molar-refractivity contribution in [2.75, 3.05) is 39.4 Å². The smallest absolute Gasteiger partial charge is 0.161 e. The Bertz CT molecular complexity index is 987. The maximum atomic E-state index is 5.78. The summed E-state index contributed by atoms with van der Waals surface area (Å²) in [4.78, 5) is 2.57. The first kappa shape index (κ1) is 20.5. The van der Waals surface area contributed by atoms with Crippen molar-refractivity contribution in [1.29, 1.82) is 0 Å². The van der Waals surface area contributed by atoms with Crippen molar-refractivity contribution in [3.63, 3.8) is 0 Å². The van der Waals surface area contributed by atoms with E-state index in [2.05, 4.69) is 53.5 Å². The topological polar surface area (TPSA) is 33.7 Å². The summed E-state index contributed by atoms with van der Waals surface area (Å²) in [6, 6.07) is 15.4. The molecule has 0 bridgehead atoms. The molecule has 2 fully saturated rings. The van der Waals surface area contributed by atoms with Crippen LogP contribution in [0.1, 0.15) is 42.9 Å². The van der Waals surface area contributed by atoms with Crippen molar-refractivity contribution >= 4 is 5.69 Å². The highest BCUT2D eigenvalue weighted by Gasteiger charge is 2.48. The molecule has 5 nitrogen and oxygen atoms in total. The second kappa shape index (κ2) is 8.36. The molecule has 4 aliphatic heterocycles. The van der Waals surface area contributed by atoms with Crippen molar-refractivity contribution in [3.8, 4) is 11.5 Å². The minimum atomic E-state index is 0.644. The van der Waals surface area contributed by atoms with Gasteiger partial charge in [-0.3, -0.25) is 9.38 Å². The summed E-state index contributed by atoms with van der Waals surface area (Å²) in [5.74, 6) is 1.77. The van der Waals surface area contributed by atoms with E-state index in [9.17, 15) is 0 Å². The molecule has 1 unspecified atom stereocenters. The summed E-state index contributed by atoms with van der Waals surface area (Å²) in [6.45, 7) is 10.5. The van der Waals surface area contributed by atoms with E-state index in [1.807, 2.05) is 0 Å². The van der Waals surface area contributed by atoms with Crippen LogP contribution >= 0.6 is 0 Å². The fraction of sp³-hybridized carbons (Fsp3) is 0.556. The molecule has 170 valence electrons. The molecular formula is C27H36N3O2+. The van der Waals surface area contributed by atoms with Crippen LogP contribution in [-0.2, 0) is 19.5 Å². The Balaban J connectivity index is 1.21. The van der Waals surface area contributed by atoms with Crippen LogP contribution in [0.5, 0.6) is 11.5 Å². The molecule has 0 radical (unpaired) electrons. The molecular weight excluding hydrogens is 398 g/mol. The Hall–Kier alpha value is -2.08. The highest BCUT2D eigenvalue weighted by Crippen LogP contribution is 2.40. The van der Waals surface area contributed by atoms with E-state index in [0.717, 1.165) is 49.6 Å². The van der Waals surface area contributed by atoms with Gasteiger partial charge in [-0.25, -0.2) is 0 Å². The first-order valence-corrected chi connectivity index (χ1v) is 12.5. The van der Waals surface area contributed by atoms with Crippen LogP contribution in [0.25, 0.3) is 0 Å². The molecule has 0 saturated carbocycles. The molecule has 0 spiro atoms. The molecule has 4 aliphatic rings. The van der Waals surface area contributed by atoms with Crippen molar-refractivity contribution in [3.05, 3.63) is 53.1 Å². The number of hydrogen-bond donors (Lipinski definition) is 1. The third-order valence-corrected chi connectivity index (χ3v) is 8.40. The van der Waals surface area contributed by atoms with Crippen LogP contribution in [0, 0.1) is 0 Å². The molecule has 0 amide bonds. The van der Waals surface area contributed by atoms with Gasteiger partial charge < -0.3 is 14.8 Å². The lowest BCUT2D eigenvalue weighted by Crippen LogP contribution is -2.59. The van der Waals surface area contributed by atoms with Crippen LogP contribution in [0.4, 0.5) is 5.69 Å². The normalized spacial score (nSPS) is 29.8. The van der Waals surface area contributed by atoms with Gasteiger partial charge in [0.2, 0.25) is 0 Å². The number of nitrogens with one attached hydrogen (secondary N) is 1. The number of ether oxygens (including phenoxy) is 2. The van der Waals surface area contributed by atoms with Gasteiger partial charge in [-0.2, -0.15) is 0 Å². The SMILES string of the molecule is C[C@H]1CCC[N+]1(c1ccc2c(c1)CCN(Cc1ccc3c(c1)OCCO3)C2)[C@H]1CCNC1. The molecule has 6 rings (SSSR count). The standard InChI is InChI=1S/C27H36N3O2/c1-20-3-2-12-30(20,25-8-10-28-17-25)24-6-5-23-19-29(11-9-22(23)16-24)18-21-4-7-26-27(15-21)32-14-13-31-26/h4-7,15-16,20,25,28H,2-3,8-14,17-19H2,1H3/q+1/t20-,25-,30?/m0/s1. The second-order valence-electron chi connectivity index (χ2n) is 10.2. The lowest BCUT2D eigenvalue weighted by Gasteiger charge is -2.44. The van der Waals surface area contributed by atoms with Gasteiger partial charge in [0.1, 0.15) is 24.9 Å². The van der Waals surface area contributed by atoms with Crippen LogP contribution in [-0.4, -0.2) is 56.4 Å². The van der Waals surface area contributed by atoms with E-state index in [1.165, 1.54) is 54.5 Å². The molecule has 2 saturated heterocycles. The van der Waals surface area contributed by atoms with Crippen molar-refractivity contribution < 1.29 is 9.47 Å². The Morgan fingerprint density at radius 1 is 1.03 bits per heavy atom. The van der Waals surface area contributed by atoms with Gasteiger partial charge in [-0.15, -0.1) is 0 Å². The number of rotatable bonds is 4. The summed E-state index contributed by atoms with van der Waals surface area (Å²) >= 11 is 0. The van der Waals surface area contributed by atoms with Crippen LogP contribution in [0.3, 0.4) is 0 Å². The van der Waals surface area contributed by atoms with Crippen LogP contribution in [0.2, 0.25) is 0 Å². The Kier molecular flexibility index (Phi) is 5.36. The monoisotopic (exact) mass is 434 g/mol. The lowest BCUT2D eigenvalue weighted by atomic mass is 9.96. The van der Waals surface area contributed by atoms with Crippen LogP contribution in [0.15, 0.2) is 36.4 Å². The summed E-state index contributed by atoms with van der Waals surface area (Å²) in [6.07, 6.45) is 5.17. The first-order chi connectivity index (χ1) is 15.7. The quantitative estimate of drug-likeness (QED) is 0.741. The molecule has 4 heterocycles. The summed E-state index contributed by atoms with van der Waals surface area (Å²) in [5, 5.41) is 3.64. The van der Waals surface area contributed by atoms with Crippen molar-refractivity contribution in [1.82, 2.24) is 14.7 Å². The van der Waals surface area contributed by atoms with Gasteiger partial charge in [0.25, 0.3) is 0 Å². The number of benzene rings is 2. The zero-order valence-corrected chi connectivity index (χ0v) is 19.3. The Morgan fingerprint density at radius 2 is 1.94 bits per heavy atom. The summed E-state index contributed by atoms with van der Waals surface area (Å²) in [7, 11) is 0. The summed E-state index contributed by atoms with van der Waals surface area (Å²) in [5.41, 5.74) is 5.96. The zero-order valence-electron chi connectivity index (χ0n) is 19.3. The van der Waals surface area contributed by atoms with E-state index in [4.69, 9.17) is 9.47 Å². The van der Waals surface area contributed by atoms with E-state index in [1.54, 1.807) is 11.3 Å². The van der Waals surface area contributed by atoms with Gasteiger partial charge >= 0.3 is 0 Å². The van der Waals surface area contributed by atoms with E-state index < -0.39 is 0 Å². The van der Waals surface area contributed by atoms with Crippen molar-refractivity contribution in [2.45, 2.75) is 57.8 Å². The number of likely N-dealkylation sites (tertiary alicyclic amines) is 1. The minimum Gasteiger partial charge on any atom is -0.486 e. The highest BCUT2D eigenvalue weighted by molar-refractivity contribution is 5.51. The van der Waals surface area contributed by atoms with Crippen LogP contribution < -0.4 is 19.3 Å². The number of quaternary nitrogens is 1. The third kappa shape index (κ3) is 3.51. The predicted molar refractivity (Wildman–Crippen MR) is 128 cm³/mol. The van der Waals surface area contributed by atoms with Gasteiger partial charge in [0.15, 0.2) is 11.5 Å². The molecule has 0 aromatic heterocycles. The minimum absolute atomic E-state index is 0.644. The van der Waals surface area contributed by atoms with E-state index >= 15 is 0 Å². The molecule has 0 aliphatic carbocycles. The van der Waals surface area contributed by atoms with Gasteiger partial charge in [0.05, 0.1) is 12.6 Å². The molecule has 32 heavy (non-hydrogen) atoms. The van der Waals surface area contributed by atoms with Gasteiger partial charge in [-0.05, 0) is 48.2 Å². The lowest BCUT2D eigenvalue weighted by molar-refractivity contribution is 0.171. The Labute approximate surface area is 191 Å². The molecule has 2 aromatic rings. The maximum Gasteiger partial charge on any atom is 0.161 e. The van der Waals surface area contributed by atoms with Gasteiger partial charge in [-0.1, -0.05) is 12.1 Å². The fourth-order valence-corrected chi connectivity index (χ4v) is 6.70. The number of hydrogen-bond acceptors (Lipinski definition) is 4. The van der Waals surface area contributed by atoms with E-state index in [-0.39, 0.29) is 0 Å². The average Bonchev–Trinajstić information content (AvgIpc) is 3.49. The number of fused-ring (bicyclic) bond motifs is 2. The molecule has 2 aromatic carbocycles.